The van der Waals surface area contributed by atoms with Gasteiger partial charge in [0, 0.05) is 0 Å². The number of hydrogen-bond acceptors (Lipinski definition) is 4. The molecule has 0 bridgehead atoms. The van der Waals surface area contributed by atoms with Crippen molar-refractivity contribution in [3.05, 3.63) is 35.9 Å². The minimum absolute atomic E-state index is 0.198. The maximum Gasteiger partial charge on any atom is 0.325 e. The van der Waals surface area contributed by atoms with E-state index in [9.17, 15) is 4.79 Å². The topological polar surface area (TPSA) is 73.9 Å². The van der Waals surface area contributed by atoms with E-state index in [0.29, 0.717) is 5.56 Å². The highest BCUT2D eigenvalue weighted by molar-refractivity contribution is 5.77. The van der Waals surface area contributed by atoms with Gasteiger partial charge in [0.25, 0.3) is 0 Å². The van der Waals surface area contributed by atoms with E-state index in [1.165, 1.54) is 0 Å². The van der Waals surface area contributed by atoms with E-state index >= 15 is 0 Å². The van der Waals surface area contributed by atoms with Crippen molar-refractivity contribution in [3.63, 3.8) is 0 Å². The van der Waals surface area contributed by atoms with Gasteiger partial charge in [-0.1, -0.05) is 30.3 Å². The third-order valence-corrected chi connectivity index (χ3v) is 2.31. The Morgan fingerprint density at radius 2 is 1.94 bits per heavy atom. The Morgan fingerprint density at radius 3 is 2.41 bits per heavy atom. The number of benzene rings is 1. The summed E-state index contributed by atoms with van der Waals surface area (Å²) in [7, 11) is 0. The molecule has 86 valence electrons. The Hall–Kier alpha value is -2.33. The number of esters is 1. The van der Waals surface area contributed by atoms with Gasteiger partial charge in [0.2, 0.25) is 0 Å². The number of rotatable bonds is 4. The van der Waals surface area contributed by atoms with Gasteiger partial charge < -0.3 is 4.74 Å². The van der Waals surface area contributed by atoms with Crippen LogP contribution in [0.3, 0.4) is 0 Å². The normalized spacial score (nSPS) is 12.9. The van der Waals surface area contributed by atoms with Crippen molar-refractivity contribution in [2.45, 2.75) is 12.8 Å². The first kappa shape index (κ1) is 12.7. The summed E-state index contributed by atoms with van der Waals surface area (Å²) in [5.74, 6) is -2.52. The lowest BCUT2D eigenvalue weighted by atomic mass is 9.88. The van der Waals surface area contributed by atoms with Crippen molar-refractivity contribution in [1.29, 1.82) is 10.5 Å². The molecule has 17 heavy (non-hydrogen) atoms. The van der Waals surface area contributed by atoms with E-state index in [1.54, 1.807) is 31.2 Å². The zero-order valence-electron chi connectivity index (χ0n) is 9.46. The highest BCUT2D eigenvalue weighted by Gasteiger charge is 2.30. The fourth-order valence-electron chi connectivity index (χ4n) is 1.50. The Balaban J connectivity index is 2.98. The Labute approximate surface area is 100 Å². The molecule has 0 saturated heterocycles. The molecule has 0 aliphatic carbocycles. The third kappa shape index (κ3) is 3.06. The van der Waals surface area contributed by atoms with Crippen LogP contribution in [0.2, 0.25) is 0 Å². The van der Waals surface area contributed by atoms with Crippen LogP contribution >= 0.6 is 0 Å². The van der Waals surface area contributed by atoms with Crippen LogP contribution in [0.1, 0.15) is 18.4 Å². The van der Waals surface area contributed by atoms with E-state index in [2.05, 4.69) is 0 Å². The summed E-state index contributed by atoms with van der Waals surface area (Å²) in [6.45, 7) is 1.86. The lowest BCUT2D eigenvalue weighted by Crippen LogP contribution is -2.22. The first-order chi connectivity index (χ1) is 8.24. The first-order valence-corrected chi connectivity index (χ1v) is 5.25. The van der Waals surface area contributed by atoms with Gasteiger partial charge in [-0.3, -0.25) is 4.79 Å². The van der Waals surface area contributed by atoms with Gasteiger partial charge >= 0.3 is 5.97 Å². The number of carbonyl (C=O) groups is 1. The van der Waals surface area contributed by atoms with E-state index < -0.39 is 17.8 Å². The standard InChI is InChI=1S/C13H12N2O2/c1-2-17-13(16)12(9-15)11(8-14)10-6-4-3-5-7-10/h3-7,11-12H,2H2,1H3/t11-,12+/m1/s1. The molecule has 0 N–H and O–H groups in total. The van der Waals surface area contributed by atoms with Crippen molar-refractivity contribution in [3.8, 4) is 12.1 Å². The van der Waals surface area contributed by atoms with Crippen LogP contribution in [0.25, 0.3) is 0 Å². The number of nitriles is 2. The molecule has 0 aromatic heterocycles. The van der Waals surface area contributed by atoms with E-state index in [4.69, 9.17) is 15.3 Å². The van der Waals surface area contributed by atoms with Gasteiger partial charge in [-0.05, 0) is 12.5 Å². The van der Waals surface area contributed by atoms with E-state index in [0.717, 1.165) is 0 Å². The molecule has 0 heterocycles. The van der Waals surface area contributed by atoms with Crippen LogP contribution in [0, 0.1) is 28.6 Å². The molecule has 0 saturated carbocycles. The minimum atomic E-state index is -1.08. The van der Waals surface area contributed by atoms with Gasteiger partial charge in [0.1, 0.15) is 0 Å². The quantitative estimate of drug-likeness (QED) is 0.738. The second-order valence-electron chi connectivity index (χ2n) is 3.38. The molecule has 4 nitrogen and oxygen atoms in total. The number of nitrogens with zero attached hydrogens (tertiary/aromatic N) is 2. The lowest BCUT2D eigenvalue weighted by molar-refractivity contribution is -0.146. The maximum absolute atomic E-state index is 11.6. The van der Waals surface area contributed by atoms with Crippen molar-refractivity contribution in [2.75, 3.05) is 6.61 Å². The minimum Gasteiger partial charge on any atom is -0.465 e. The highest BCUT2D eigenvalue weighted by Crippen LogP contribution is 2.24. The van der Waals surface area contributed by atoms with Gasteiger partial charge in [-0.25, -0.2) is 0 Å². The molecule has 2 atom stereocenters. The fraction of sp³-hybridized carbons (Fsp3) is 0.308. The molecule has 4 heteroatoms. The molecule has 0 spiro atoms. The van der Waals surface area contributed by atoms with Crippen LogP contribution in [-0.2, 0) is 9.53 Å². The molecular weight excluding hydrogens is 216 g/mol. The smallest absolute Gasteiger partial charge is 0.325 e. The fourth-order valence-corrected chi connectivity index (χ4v) is 1.50. The lowest BCUT2D eigenvalue weighted by Gasteiger charge is -2.14. The molecule has 0 radical (unpaired) electrons. The number of carbonyl (C=O) groups excluding carboxylic acids is 1. The van der Waals surface area contributed by atoms with Gasteiger partial charge in [-0.2, -0.15) is 10.5 Å². The molecule has 0 amide bonds. The van der Waals surface area contributed by atoms with E-state index in [-0.39, 0.29) is 6.61 Å². The molecule has 0 aliphatic rings. The Morgan fingerprint density at radius 1 is 1.29 bits per heavy atom. The molecule has 1 aromatic carbocycles. The monoisotopic (exact) mass is 228 g/mol. The summed E-state index contributed by atoms with van der Waals surface area (Å²) in [4.78, 5) is 11.6. The third-order valence-electron chi connectivity index (χ3n) is 2.31. The number of hydrogen-bond donors (Lipinski definition) is 0. The van der Waals surface area contributed by atoms with Crippen molar-refractivity contribution >= 4 is 5.97 Å². The molecule has 0 aliphatic heterocycles. The van der Waals surface area contributed by atoms with Gasteiger partial charge in [-0.15, -0.1) is 0 Å². The van der Waals surface area contributed by atoms with Crippen LogP contribution in [0.5, 0.6) is 0 Å². The largest absolute Gasteiger partial charge is 0.465 e. The van der Waals surface area contributed by atoms with Gasteiger partial charge in [0.05, 0.1) is 24.7 Å². The molecule has 0 unspecified atom stereocenters. The number of ether oxygens (including phenoxy) is 1. The molecular formula is C13H12N2O2. The predicted molar refractivity (Wildman–Crippen MR) is 60.5 cm³/mol. The SMILES string of the molecule is CCOC(=O)[C@@H](C#N)[C@H](C#N)c1ccccc1. The van der Waals surface area contributed by atoms with E-state index in [1.807, 2.05) is 18.2 Å². The molecule has 1 rings (SSSR count). The molecule has 0 fully saturated rings. The average Bonchev–Trinajstić information content (AvgIpc) is 2.37. The van der Waals surface area contributed by atoms with Crippen LogP contribution in [0.15, 0.2) is 30.3 Å². The summed E-state index contributed by atoms with van der Waals surface area (Å²) in [6, 6.07) is 12.6. The Kier molecular flexibility index (Phi) is 4.72. The average molecular weight is 228 g/mol. The maximum atomic E-state index is 11.6. The van der Waals surface area contributed by atoms with Gasteiger partial charge in [0.15, 0.2) is 5.92 Å². The van der Waals surface area contributed by atoms with Crippen LogP contribution in [-0.4, -0.2) is 12.6 Å². The summed E-state index contributed by atoms with van der Waals surface area (Å²) in [5, 5.41) is 18.1. The van der Waals surface area contributed by atoms with Crippen molar-refractivity contribution in [2.24, 2.45) is 5.92 Å². The van der Waals surface area contributed by atoms with Crippen LogP contribution in [0.4, 0.5) is 0 Å². The zero-order valence-corrected chi connectivity index (χ0v) is 9.46. The summed E-state index contributed by atoms with van der Waals surface area (Å²) in [6.07, 6.45) is 0. The Bertz CT molecular complexity index is 457. The van der Waals surface area contributed by atoms with Crippen molar-refractivity contribution in [1.82, 2.24) is 0 Å². The molecule has 1 aromatic rings. The summed E-state index contributed by atoms with van der Waals surface area (Å²) < 4.78 is 4.79. The summed E-state index contributed by atoms with van der Waals surface area (Å²) >= 11 is 0. The first-order valence-electron chi connectivity index (χ1n) is 5.25. The summed E-state index contributed by atoms with van der Waals surface area (Å²) in [5.41, 5.74) is 0.648. The van der Waals surface area contributed by atoms with Crippen molar-refractivity contribution < 1.29 is 9.53 Å². The highest BCUT2D eigenvalue weighted by atomic mass is 16.5. The van der Waals surface area contributed by atoms with Crippen LogP contribution < -0.4 is 0 Å². The zero-order chi connectivity index (χ0) is 12.7. The second-order valence-corrected chi connectivity index (χ2v) is 3.38. The second kappa shape index (κ2) is 6.30. The predicted octanol–water partition coefficient (Wildman–Crippen LogP) is 2.00.